The highest BCUT2D eigenvalue weighted by Gasteiger charge is 2.32. The SMILES string of the molecule is Cc1cc(C(N)=O)ccc1NC1CCC(C)(C)CC1C. The van der Waals surface area contributed by atoms with E-state index in [1.807, 2.05) is 19.1 Å². The molecule has 0 radical (unpaired) electrons. The lowest BCUT2D eigenvalue weighted by Gasteiger charge is -2.40. The number of rotatable bonds is 3. The third-order valence-electron chi connectivity index (χ3n) is 4.55. The topological polar surface area (TPSA) is 55.1 Å². The van der Waals surface area contributed by atoms with E-state index in [-0.39, 0.29) is 5.91 Å². The molecule has 1 fully saturated rings. The normalized spacial score (nSPS) is 25.2. The van der Waals surface area contributed by atoms with Crippen LogP contribution < -0.4 is 11.1 Å². The molecule has 0 saturated heterocycles. The number of nitrogens with two attached hydrogens (primary N) is 1. The number of amides is 1. The Morgan fingerprint density at radius 2 is 2.10 bits per heavy atom. The van der Waals surface area contributed by atoms with Crippen molar-refractivity contribution >= 4 is 11.6 Å². The van der Waals surface area contributed by atoms with Crippen LogP contribution in [0.15, 0.2) is 18.2 Å². The average molecular weight is 274 g/mol. The van der Waals surface area contributed by atoms with Crippen molar-refractivity contribution in [2.45, 2.75) is 53.0 Å². The minimum Gasteiger partial charge on any atom is -0.382 e. The molecule has 1 amide bonds. The van der Waals surface area contributed by atoms with Crippen molar-refractivity contribution in [2.24, 2.45) is 17.1 Å². The zero-order valence-corrected chi connectivity index (χ0v) is 13.0. The van der Waals surface area contributed by atoms with Gasteiger partial charge in [0.15, 0.2) is 0 Å². The van der Waals surface area contributed by atoms with Gasteiger partial charge in [0, 0.05) is 17.3 Å². The lowest BCUT2D eigenvalue weighted by Crippen LogP contribution is -2.37. The molecular weight excluding hydrogens is 248 g/mol. The van der Waals surface area contributed by atoms with Crippen LogP contribution in [0.2, 0.25) is 0 Å². The summed E-state index contributed by atoms with van der Waals surface area (Å²) in [5.41, 5.74) is 8.54. The fourth-order valence-electron chi connectivity index (χ4n) is 3.34. The van der Waals surface area contributed by atoms with Gasteiger partial charge in [-0.1, -0.05) is 20.8 Å². The number of hydrogen-bond donors (Lipinski definition) is 2. The molecule has 0 aliphatic heterocycles. The second-order valence-corrected chi connectivity index (χ2v) is 7.03. The van der Waals surface area contributed by atoms with E-state index in [9.17, 15) is 4.79 Å². The zero-order valence-electron chi connectivity index (χ0n) is 13.0. The molecule has 0 aromatic heterocycles. The molecule has 2 unspecified atom stereocenters. The number of hydrogen-bond acceptors (Lipinski definition) is 2. The van der Waals surface area contributed by atoms with E-state index in [2.05, 4.69) is 26.1 Å². The van der Waals surface area contributed by atoms with Gasteiger partial charge < -0.3 is 11.1 Å². The Hall–Kier alpha value is -1.51. The van der Waals surface area contributed by atoms with Crippen molar-refractivity contribution in [3.63, 3.8) is 0 Å². The van der Waals surface area contributed by atoms with Gasteiger partial charge in [-0.3, -0.25) is 4.79 Å². The number of carbonyl (C=O) groups excluding carboxylic acids is 1. The Bertz CT molecular complexity index is 508. The van der Waals surface area contributed by atoms with Crippen LogP contribution in [-0.2, 0) is 0 Å². The Kier molecular flexibility index (Phi) is 4.07. The Balaban J connectivity index is 2.09. The van der Waals surface area contributed by atoms with Crippen LogP contribution >= 0.6 is 0 Å². The molecule has 1 aliphatic rings. The summed E-state index contributed by atoms with van der Waals surface area (Å²) in [5.74, 6) is 0.293. The number of nitrogens with one attached hydrogen (secondary N) is 1. The highest BCUT2D eigenvalue weighted by atomic mass is 16.1. The second kappa shape index (κ2) is 5.47. The van der Waals surface area contributed by atoms with E-state index in [1.54, 1.807) is 6.07 Å². The highest BCUT2D eigenvalue weighted by molar-refractivity contribution is 5.93. The fourth-order valence-corrected chi connectivity index (χ4v) is 3.34. The summed E-state index contributed by atoms with van der Waals surface area (Å²) < 4.78 is 0. The molecule has 3 nitrogen and oxygen atoms in total. The number of aryl methyl sites for hydroxylation is 1. The van der Waals surface area contributed by atoms with Gasteiger partial charge in [0.05, 0.1) is 0 Å². The molecule has 2 atom stereocenters. The molecule has 0 heterocycles. The molecule has 3 N–H and O–H groups in total. The molecular formula is C17H26N2O. The second-order valence-electron chi connectivity index (χ2n) is 7.03. The third kappa shape index (κ3) is 3.33. The summed E-state index contributed by atoms with van der Waals surface area (Å²) in [6.07, 6.45) is 3.71. The van der Waals surface area contributed by atoms with E-state index < -0.39 is 0 Å². The minimum atomic E-state index is -0.368. The quantitative estimate of drug-likeness (QED) is 0.882. The molecule has 20 heavy (non-hydrogen) atoms. The van der Waals surface area contributed by atoms with Gasteiger partial charge in [0.1, 0.15) is 0 Å². The fraction of sp³-hybridized carbons (Fsp3) is 0.588. The number of anilines is 1. The van der Waals surface area contributed by atoms with Crippen molar-refractivity contribution < 1.29 is 4.79 Å². The molecule has 1 aromatic carbocycles. The van der Waals surface area contributed by atoms with E-state index in [4.69, 9.17) is 5.73 Å². The first-order valence-electron chi connectivity index (χ1n) is 7.45. The molecule has 3 heteroatoms. The molecule has 1 saturated carbocycles. The van der Waals surface area contributed by atoms with Gasteiger partial charge >= 0.3 is 0 Å². The number of primary amides is 1. The van der Waals surface area contributed by atoms with Crippen LogP contribution in [-0.4, -0.2) is 11.9 Å². The molecule has 2 rings (SSSR count). The van der Waals surface area contributed by atoms with Gasteiger partial charge in [-0.05, 0) is 61.3 Å². The van der Waals surface area contributed by atoms with Crippen LogP contribution in [0, 0.1) is 18.3 Å². The van der Waals surface area contributed by atoms with Gasteiger partial charge in [-0.25, -0.2) is 0 Å². The van der Waals surface area contributed by atoms with Crippen LogP contribution in [0.1, 0.15) is 56.0 Å². The first-order chi connectivity index (χ1) is 9.28. The van der Waals surface area contributed by atoms with Crippen molar-refractivity contribution in [3.05, 3.63) is 29.3 Å². The van der Waals surface area contributed by atoms with E-state index >= 15 is 0 Å². The van der Waals surface area contributed by atoms with Crippen LogP contribution in [0.3, 0.4) is 0 Å². The van der Waals surface area contributed by atoms with Crippen LogP contribution in [0.4, 0.5) is 5.69 Å². The summed E-state index contributed by atoms with van der Waals surface area (Å²) in [6.45, 7) is 9.05. The van der Waals surface area contributed by atoms with Gasteiger partial charge in [0.25, 0.3) is 0 Å². The molecule has 0 spiro atoms. The van der Waals surface area contributed by atoms with Gasteiger partial charge in [0.2, 0.25) is 5.91 Å². The highest BCUT2D eigenvalue weighted by Crippen LogP contribution is 2.39. The van der Waals surface area contributed by atoms with E-state index in [0.717, 1.165) is 11.3 Å². The largest absolute Gasteiger partial charge is 0.382 e. The van der Waals surface area contributed by atoms with Crippen LogP contribution in [0.25, 0.3) is 0 Å². The van der Waals surface area contributed by atoms with Crippen molar-refractivity contribution in [3.8, 4) is 0 Å². The molecule has 1 aromatic rings. The maximum absolute atomic E-state index is 11.2. The predicted octanol–water partition coefficient (Wildman–Crippen LogP) is 3.72. The molecule has 0 bridgehead atoms. The van der Waals surface area contributed by atoms with Crippen molar-refractivity contribution in [1.82, 2.24) is 0 Å². The van der Waals surface area contributed by atoms with Crippen molar-refractivity contribution in [2.75, 3.05) is 5.32 Å². The predicted molar refractivity (Wildman–Crippen MR) is 83.9 cm³/mol. The van der Waals surface area contributed by atoms with E-state index in [0.29, 0.717) is 22.9 Å². The van der Waals surface area contributed by atoms with E-state index in [1.165, 1.54) is 19.3 Å². The number of carbonyl (C=O) groups is 1. The first kappa shape index (κ1) is 14.9. The standard InChI is InChI=1S/C17H26N2O/c1-11-9-13(16(18)20)5-6-14(11)19-15-7-8-17(3,4)10-12(15)2/h5-6,9,12,15,19H,7-8,10H2,1-4H3,(H2,18,20). The summed E-state index contributed by atoms with van der Waals surface area (Å²) in [7, 11) is 0. The number of benzene rings is 1. The summed E-state index contributed by atoms with van der Waals surface area (Å²) in [4.78, 5) is 11.2. The third-order valence-corrected chi connectivity index (χ3v) is 4.55. The van der Waals surface area contributed by atoms with Gasteiger partial charge in [-0.2, -0.15) is 0 Å². The average Bonchev–Trinajstić information content (AvgIpc) is 2.33. The zero-order chi connectivity index (χ0) is 14.9. The molecule has 1 aliphatic carbocycles. The smallest absolute Gasteiger partial charge is 0.248 e. The van der Waals surface area contributed by atoms with Gasteiger partial charge in [-0.15, -0.1) is 0 Å². The summed E-state index contributed by atoms with van der Waals surface area (Å²) in [6, 6.07) is 6.15. The lowest BCUT2D eigenvalue weighted by molar-refractivity contribution is 0.1000. The summed E-state index contributed by atoms with van der Waals surface area (Å²) in [5, 5.41) is 3.65. The minimum absolute atomic E-state index is 0.368. The van der Waals surface area contributed by atoms with Crippen LogP contribution in [0.5, 0.6) is 0 Å². The first-order valence-corrected chi connectivity index (χ1v) is 7.45. The summed E-state index contributed by atoms with van der Waals surface area (Å²) >= 11 is 0. The van der Waals surface area contributed by atoms with Crippen molar-refractivity contribution in [1.29, 1.82) is 0 Å². The maximum Gasteiger partial charge on any atom is 0.248 e. The molecule has 110 valence electrons. The Labute approximate surface area is 121 Å². The maximum atomic E-state index is 11.2. The Morgan fingerprint density at radius 1 is 1.40 bits per heavy atom. The Morgan fingerprint density at radius 3 is 2.65 bits per heavy atom. The lowest BCUT2D eigenvalue weighted by atomic mass is 9.70. The monoisotopic (exact) mass is 274 g/mol.